The first-order valence-corrected chi connectivity index (χ1v) is 5.17. The van der Waals surface area contributed by atoms with Gasteiger partial charge in [-0.15, -0.1) is 0 Å². The summed E-state index contributed by atoms with van der Waals surface area (Å²) >= 11 is 0. The predicted octanol–water partition coefficient (Wildman–Crippen LogP) is 1.80. The van der Waals surface area contributed by atoms with Gasteiger partial charge in [0.25, 0.3) is 0 Å². The molecule has 4 atom stereocenters. The SMILES string of the molecule is CO/C=C/C1C2CCC(C2)C1CO. The molecule has 2 fully saturated rings. The summed E-state index contributed by atoms with van der Waals surface area (Å²) in [4.78, 5) is 0. The molecule has 2 rings (SSSR count). The highest BCUT2D eigenvalue weighted by Gasteiger charge is 2.45. The molecule has 0 amide bonds. The number of rotatable bonds is 3. The second-order valence-electron chi connectivity index (χ2n) is 4.32. The molecule has 0 aromatic heterocycles. The van der Waals surface area contributed by atoms with Crippen LogP contribution in [0.25, 0.3) is 0 Å². The summed E-state index contributed by atoms with van der Waals surface area (Å²) < 4.78 is 4.94. The lowest BCUT2D eigenvalue weighted by molar-refractivity contribution is 0.145. The first-order chi connectivity index (χ1) is 6.36. The van der Waals surface area contributed by atoms with Gasteiger partial charge < -0.3 is 9.84 Å². The molecule has 2 saturated carbocycles. The molecule has 0 aromatic carbocycles. The van der Waals surface area contributed by atoms with Crippen molar-refractivity contribution in [1.29, 1.82) is 0 Å². The van der Waals surface area contributed by atoms with Gasteiger partial charge in [0.15, 0.2) is 0 Å². The highest BCUT2D eigenvalue weighted by atomic mass is 16.5. The van der Waals surface area contributed by atoms with Gasteiger partial charge in [0, 0.05) is 6.61 Å². The van der Waals surface area contributed by atoms with Crippen molar-refractivity contribution < 1.29 is 9.84 Å². The zero-order valence-corrected chi connectivity index (χ0v) is 8.15. The quantitative estimate of drug-likeness (QED) is 0.674. The van der Waals surface area contributed by atoms with E-state index < -0.39 is 0 Å². The maximum absolute atomic E-state index is 9.28. The monoisotopic (exact) mass is 182 g/mol. The zero-order chi connectivity index (χ0) is 9.26. The normalized spacial score (nSPS) is 43.2. The van der Waals surface area contributed by atoms with Crippen molar-refractivity contribution in [2.45, 2.75) is 19.3 Å². The van der Waals surface area contributed by atoms with Crippen LogP contribution >= 0.6 is 0 Å². The molecule has 0 spiro atoms. The highest BCUT2D eigenvalue weighted by molar-refractivity contribution is 5.03. The van der Waals surface area contributed by atoms with Crippen LogP contribution in [0.1, 0.15) is 19.3 Å². The standard InChI is InChI=1S/C11H18O2/c1-13-5-4-10-8-2-3-9(6-8)11(10)7-12/h4-5,8-12H,2-3,6-7H2,1H3/b5-4+. The van der Waals surface area contributed by atoms with E-state index >= 15 is 0 Å². The Morgan fingerprint density at radius 2 is 2.15 bits per heavy atom. The Balaban J connectivity index is 2.04. The van der Waals surface area contributed by atoms with Gasteiger partial charge in [-0.2, -0.15) is 0 Å². The second kappa shape index (κ2) is 3.70. The van der Waals surface area contributed by atoms with E-state index in [-0.39, 0.29) is 0 Å². The molecule has 2 aliphatic rings. The van der Waals surface area contributed by atoms with E-state index in [4.69, 9.17) is 4.74 Å². The molecule has 2 nitrogen and oxygen atoms in total. The minimum absolute atomic E-state index is 0.347. The van der Waals surface area contributed by atoms with E-state index in [2.05, 4.69) is 6.08 Å². The van der Waals surface area contributed by atoms with Crippen LogP contribution in [0.5, 0.6) is 0 Å². The lowest BCUT2D eigenvalue weighted by Gasteiger charge is -2.26. The first-order valence-electron chi connectivity index (χ1n) is 5.17. The van der Waals surface area contributed by atoms with Crippen LogP contribution in [0.2, 0.25) is 0 Å². The van der Waals surface area contributed by atoms with Crippen LogP contribution in [-0.2, 0) is 4.74 Å². The van der Waals surface area contributed by atoms with Crippen molar-refractivity contribution in [3.8, 4) is 0 Å². The molecule has 0 aliphatic heterocycles. The molecule has 2 heteroatoms. The maximum atomic E-state index is 9.28. The summed E-state index contributed by atoms with van der Waals surface area (Å²) in [5.41, 5.74) is 0. The molecule has 2 bridgehead atoms. The van der Waals surface area contributed by atoms with Crippen molar-refractivity contribution in [3.05, 3.63) is 12.3 Å². The summed E-state index contributed by atoms with van der Waals surface area (Å²) in [6, 6.07) is 0. The van der Waals surface area contributed by atoms with E-state index in [1.807, 2.05) is 0 Å². The van der Waals surface area contributed by atoms with E-state index in [0.29, 0.717) is 18.4 Å². The zero-order valence-electron chi connectivity index (χ0n) is 8.15. The van der Waals surface area contributed by atoms with Gasteiger partial charge in [-0.3, -0.25) is 0 Å². The number of fused-ring (bicyclic) bond motifs is 2. The third-order valence-electron chi connectivity index (χ3n) is 3.81. The Kier molecular flexibility index (Phi) is 2.58. The summed E-state index contributed by atoms with van der Waals surface area (Å²) in [5.74, 6) is 2.67. The Bertz CT molecular complexity index is 200. The molecule has 74 valence electrons. The number of hydrogen-bond acceptors (Lipinski definition) is 2. The van der Waals surface area contributed by atoms with Gasteiger partial charge in [-0.05, 0) is 49.0 Å². The predicted molar refractivity (Wildman–Crippen MR) is 51.0 cm³/mol. The number of aliphatic hydroxyl groups is 1. The largest absolute Gasteiger partial charge is 0.505 e. The molecule has 13 heavy (non-hydrogen) atoms. The minimum Gasteiger partial charge on any atom is -0.505 e. The molecule has 2 aliphatic carbocycles. The van der Waals surface area contributed by atoms with Crippen molar-refractivity contribution >= 4 is 0 Å². The summed E-state index contributed by atoms with van der Waals surface area (Å²) in [6.45, 7) is 0.347. The van der Waals surface area contributed by atoms with E-state index in [0.717, 1.165) is 11.8 Å². The number of hydrogen-bond donors (Lipinski definition) is 1. The van der Waals surface area contributed by atoms with Gasteiger partial charge in [-0.1, -0.05) is 0 Å². The number of allylic oxidation sites excluding steroid dienone is 1. The van der Waals surface area contributed by atoms with Crippen LogP contribution in [0.4, 0.5) is 0 Å². The fraction of sp³-hybridized carbons (Fsp3) is 0.818. The van der Waals surface area contributed by atoms with Crippen LogP contribution in [0, 0.1) is 23.7 Å². The molecule has 4 unspecified atom stereocenters. The topological polar surface area (TPSA) is 29.5 Å². The Morgan fingerprint density at radius 1 is 1.38 bits per heavy atom. The van der Waals surface area contributed by atoms with Crippen molar-refractivity contribution in [3.63, 3.8) is 0 Å². The van der Waals surface area contributed by atoms with Gasteiger partial charge in [-0.25, -0.2) is 0 Å². The molecule has 0 saturated heterocycles. The van der Waals surface area contributed by atoms with Crippen LogP contribution in [-0.4, -0.2) is 18.8 Å². The average Bonchev–Trinajstić information content (AvgIpc) is 2.73. The third kappa shape index (κ3) is 1.48. The number of aliphatic hydroxyl groups excluding tert-OH is 1. The summed E-state index contributed by atoms with van der Waals surface area (Å²) in [6.07, 6.45) is 7.91. The summed E-state index contributed by atoms with van der Waals surface area (Å²) in [7, 11) is 1.68. The smallest absolute Gasteiger partial charge is 0.0787 e. The number of methoxy groups -OCH3 is 1. The first kappa shape index (κ1) is 9.07. The van der Waals surface area contributed by atoms with Crippen molar-refractivity contribution in [1.82, 2.24) is 0 Å². The molecule has 1 N–H and O–H groups in total. The van der Waals surface area contributed by atoms with Crippen molar-refractivity contribution in [2.75, 3.05) is 13.7 Å². The van der Waals surface area contributed by atoms with Gasteiger partial charge in [0.2, 0.25) is 0 Å². The van der Waals surface area contributed by atoms with E-state index in [1.54, 1.807) is 13.4 Å². The minimum atomic E-state index is 0.347. The average molecular weight is 182 g/mol. The molecule has 0 radical (unpaired) electrons. The maximum Gasteiger partial charge on any atom is 0.0787 e. The molecule has 0 aromatic rings. The van der Waals surface area contributed by atoms with Gasteiger partial charge >= 0.3 is 0 Å². The summed E-state index contributed by atoms with van der Waals surface area (Å²) in [5, 5.41) is 9.28. The molecule has 0 heterocycles. The fourth-order valence-electron chi connectivity index (χ4n) is 3.19. The fourth-order valence-corrected chi connectivity index (χ4v) is 3.19. The van der Waals surface area contributed by atoms with Crippen LogP contribution in [0.3, 0.4) is 0 Å². The Morgan fingerprint density at radius 3 is 2.85 bits per heavy atom. The molecular weight excluding hydrogens is 164 g/mol. The Labute approximate surface area is 79.6 Å². The van der Waals surface area contributed by atoms with Crippen LogP contribution in [0.15, 0.2) is 12.3 Å². The van der Waals surface area contributed by atoms with Crippen molar-refractivity contribution in [2.24, 2.45) is 23.7 Å². The van der Waals surface area contributed by atoms with Gasteiger partial charge in [0.1, 0.15) is 0 Å². The van der Waals surface area contributed by atoms with Crippen LogP contribution < -0.4 is 0 Å². The second-order valence-corrected chi connectivity index (χ2v) is 4.32. The van der Waals surface area contributed by atoms with E-state index in [1.165, 1.54) is 19.3 Å². The third-order valence-corrected chi connectivity index (χ3v) is 3.81. The lowest BCUT2D eigenvalue weighted by atomic mass is 9.80. The van der Waals surface area contributed by atoms with E-state index in [9.17, 15) is 5.11 Å². The highest BCUT2D eigenvalue weighted by Crippen LogP contribution is 2.52. The van der Waals surface area contributed by atoms with Gasteiger partial charge in [0.05, 0.1) is 13.4 Å². The molecular formula is C11H18O2. The number of ether oxygens (including phenoxy) is 1. The Hall–Kier alpha value is -0.500. The lowest BCUT2D eigenvalue weighted by Crippen LogP contribution is -2.23.